The molecule has 4 rings (SSSR count). The molecular weight excluding hydrogens is 364 g/mol. The fraction of sp³-hybridized carbons (Fsp3) is 0.125. The Labute approximate surface area is 169 Å². The van der Waals surface area contributed by atoms with Crippen molar-refractivity contribution in [3.05, 3.63) is 90.1 Å². The third kappa shape index (κ3) is 3.80. The third-order valence-corrected chi connectivity index (χ3v) is 4.89. The van der Waals surface area contributed by atoms with Gasteiger partial charge in [0.1, 0.15) is 11.5 Å². The van der Waals surface area contributed by atoms with E-state index in [0.717, 1.165) is 10.9 Å². The van der Waals surface area contributed by atoms with Crippen molar-refractivity contribution in [2.24, 2.45) is 0 Å². The number of fused-ring (bicyclic) bond motifs is 1. The van der Waals surface area contributed by atoms with E-state index in [4.69, 9.17) is 9.47 Å². The van der Waals surface area contributed by atoms with Crippen LogP contribution in [0, 0.1) is 0 Å². The SMILES string of the molecule is COc1ccc(NC(=O)c2cn(Cc3ccccc3)c3ccccc23)c(OC)c1. The summed E-state index contributed by atoms with van der Waals surface area (Å²) in [5.74, 6) is 1.03. The van der Waals surface area contributed by atoms with E-state index in [1.165, 1.54) is 5.56 Å². The van der Waals surface area contributed by atoms with E-state index in [-0.39, 0.29) is 5.91 Å². The first-order chi connectivity index (χ1) is 14.2. The fourth-order valence-electron chi connectivity index (χ4n) is 3.43. The Hall–Kier alpha value is -3.73. The summed E-state index contributed by atoms with van der Waals surface area (Å²) in [6.45, 7) is 0.695. The average molecular weight is 386 g/mol. The number of aromatic nitrogens is 1. The first-order valence-corrected chi connectivity index (χ1v) is 9.35. The minimum absolute atomic E-state index is 0.184. The van der Waals surface area contributed by atoms with E-state index in [1.807, 2.05) is 48.7 Å². The predicted molar refractivity (Wildman–Crippen MR) is 115 cm³/mol. The Morgan fingerprint density at radius 3 is 2.45 bits per heavy atom. The summed E-state index contributed by atoms with van der Waals surface area (Å²) in [6.07, 6.45) is 1.91. The summed E-state index contributed by atoms with van der Waals surface area (Å²) in [7, 11) is 3.16. The molecule has 29 heavy (non-hydrogen) atoms. The molecule has 1 N–H and O–H groups in total. The van der Waals surface area contributed by atoms with Crippen LogP contribution in [0.15, 0.2) is 79.0 Å². The number of hydrogen-bond donors (Lipinski definition) is 1. The van der Waals surface area contributed by atoms with Crippen LogP contribution in [0.3, 0.4) is 0 Å². The molecule has 0 radical (unpaired) electrons. The van der Waals surface area contributed by atoms with Gasteiger partial charge in [-0.25, -0.2) is 0 Å². The number of anilines is 1. The van der Waals surface area contributed by atoms with E-state index < -0.39 is 0 Å². The highest BCUT2D eigenvalue weighted by Gasteiger charge is 2.17. The number of para-hydroxylation sites is 1. The number of benzene rings is 3. The van der Waals surface area contributed by atoms with Gasteiger partial charge in [-0.05, 0) is 23.8 Å². The molecule has 5 heteroatoms. The van der Waals surface area contributed by atoms with Crippen LogP contribution in [-0.2, 0) is 6.54 Å². The number of hydrogen-bond acceptors (Lipinski definition) is 3. The van der Waals surface area contributed by atoms with Gasteiger partial charge in [0.2, 0.25) is 0 Å². The van der Waals surface area contributed by atoms with Gasteiger partial charge in [-0.1, -0.05) is 48.5 Å². The van der Waals surface area contributed by atoms with E-state index >= 15 is 0 Å². The van der Waals surface area contributed by atoms with Crippen LogP contribution in [0.2, 0.25) is 0 Å². The van der Waals surface area contributed by atoms with E-state index in [0.29, 0.717) is 29.3 Å². The molecule has 4 aromatic rings. The molecule has 0 aliphatic carbocycles. The third-order valence-electron chi connectivity index (χ3n) is 4.89. The van der Waals surface area contributed by atoms with Crippen LogP contribution in [0.1, 0.15) is 15.9 Å². The molecule has 0 saturated heterocycles. The van der Waals surface area contributed by atoms with Crippen molar-refractivity contribution < 1.29 is 14.3 Å². The van der Waals surface area contributed by atoms with Crippen molar-refractivity contribution in [3.63, 3.8) is 0 Å². The van der Waals surface area contributed by atoms with E-state index in [2.05, 4.69) is 22.0 Å². The molecule has 3 aromatic carbocycles. The molecule has 1 amide bonds. The van der Waals surface area contributed by atoms with E-state index in [1.54, 1.807) is 32.4 Å². The molecule has 0 bridgehead atoms. The van der Waals surface area contributed by atoms with Gasteiger partial charge in [-0.15, -0.1) is 0 Å². The summed E-state index contributed by atoms with van der Waals surface area (Å²) in [5, 5.41) is 3.88. The standard InChI is InChI=1S/C24H22N2O3/c1-28-18-12-13-21(23(14-18)29-2)25-24(27)20-16-26(15-17-8-4-3-5-9-17)22-11-7-6-10-19(20)22/h3-14,16H,15H2,1-2H3,(H,25,27). The van der Waals surface area contributed by atoms with Gasteiger partial charge in [-0.2, -0.15) is 0 Å². The fourth-order valence-corrected chi connectivity index (χ4v) is 3.43. The Morgan fingerprint density at radius 2 is 1.69 bits per heavy atom. The maximum absolute atomic E-state index is 13.1. The second-order valence-electron chi connectivity index (χ2n) is 6.69. The van der Waals surface area contributed by atoms with Crippen LogP contribution in [0.5, 0.6) is 11.5 Å². The molecule has 0 spiro atoms. The predicted octanol–water partition coefficient (Wildman–Crippen LogP) is 4.96. The zero-order valence-electron chi connectivity index (χ0n) is 16.4. The number of methoxy groups -OCH3 is 2. The lowest BCUT2D eigenvalue weighted by Gasteiger charge is -2.11. The highest BCUT2D eigenvalue weighted by molar-refractivity contribution is 6.13. The first-order valence-electron chi connectivity index (χ1n) is 9.35. The lowest BCUT2D eigenvalue weighted by atomic mass is 10.1. The maximum Gasteiger partial charge on any atom is 0.257 e. The molecule has 0 saturated carbocycles. The van der Waals surface area contributed by atoms with Gasteiger partial charge in [-0.3, -0.25) is 4.79 Å². The van der Waals surface area contributed by atoms with Crippen molar-refractivity contribution in [3.8, 4) is 11.5 Å². The van der Waals surface area contributed by atoms with Gasteiger partial charge in [0.15, 0.2) is 0 Å². The van der Waals surface area contributed by atoms with Crippen LogP contribution in [-0.4, -0.2) is 24.7 Å². The Morgan fingerprint density at radius 1 is 0.931 bits per heavy atom. The minimum atomic E-state index is -0.184. The zero-order valence-corrected chi connectivity index (χ0v) is 16.4. The lowest BCUT2D eigenvalue weighted by Crippen LogP contribution is -2.12. The quantitative estimate of drug-likeness (QED) is 0.510. The number of nitrogens with zero attached hydrogens (tertiary/aromatic N) is 1. The molecule has 1 heterocycles. The monoisotopic (exact) mass is 386 g/mol. The molecule has 0 fully saturated rings. The lowest BCUT2D eigenvalue weighted by molar-refractivity contribution is 0.102. The topological polar surface area (TPSA) is 52.5 Å². The molecular formula is C24H22N2O3. The number of carbonyl (C=O) groups is 1. The van der Waals surface area contributed by atoms with Crippen molar-refractivity contribution in [2.75, 3.05) is 19.5 Å². The average Bonchev–Trinajstić information content (AvgIpc) is 3.13. The largest absolute Gasteiger partial charge is 0.497 e. The molecule has 0 aliphatic rings. The first kappa shape index (κ1) is 18.6. The van der Waals surface area contributed by atoms with Crippen molar-refractivity contribution in [1.29, 1.82) is 0 Å². The molecule has 0 aliphatic heterocycles. The number of rotatable bonds is 6. The van der Waals surface area contributed by atoms with Crippen LogP contribution >= 0.6 is 0 Å². The van der Waals surface area contributed by atoms with Crippen LogP contribution in [0.25, 0.3) is 10.9 Å². The van der Waals surface area contributed by atoms with Gasteiger partial charge >= 0.3 is 0 Å². The number of nitrogens with one attached hydrogen (secondary N) is 1. The Bertz CT molecular complexity index is 1150. The van der Waals surface area contributed by atoms with Gasteiger partial charge in [0, 0.05) is 29.7 Å². The smallest absolute Gasteiger partial charge is 0.257 e. The van der Waals surface area contributed by atoms with Gasteiger partial charge < -0.3 is 19.4 Å². The Kier molecular flexibility index (Phi) is 5.20. The number of ether oxygens (including phenoxy) is 2. The van der Waals surface area contributed by atoms with Crippen molar-refractivity contribution >= 4 is 22.5 Å². The molecule has 146 valence electrons. The second-order valence-corrected chi connectivity index (χ2v) is 6.69. The second kappa shape index (κ2) is 8.10. The number of carbonyl (C=O) groups excluding carboxylic acids is 1. The summed E-state index contributed by atoms with van der Waals surface area (Å²) < 4.78 is 12.7. The molecule has 1 aromatic heterocycles. The Balaban J connectivity index is 1.68. The minimum Gasteiger partial charge on any atom is -0.497 e. The van der Waals surface area contributed by atoms with Crippen LogP contribution in [0.4, 0.5) is 5.69 Å². The number of amides is 1. The summed E-state index contributed by atoms with van der Waals surface area (Å²) in [4.78, 5) is 13.1. The zero-order chi connectivity index (χ0) is 20.2. The van der Waals surface area contributed by atoms with Crippen molar-refractivity contribution in [2.45, 2.75) is 6.54 Å². The van der Waals surface area contributed by atoms with Crippen molar-refractivity contribution in [1.82, 2.24) is 4.57 Å². The molecule has 0 unspecified atom stereocenters. The normalized spacial score (nSPS) is 10.7. The summed E-state index contributed by atoms with van der Waals surface area (Å²) >= 11 is 0. The summed E-state index contributed by atoms with van der Waals surface area (Å²) in [6, 6.07) is 23.4. The molecule has 0 atom stereocenters. The van der Waals surface area contributed by atoms with Crippen LogP contribution < -0.4 is 14.8 Å². The highest BCUT2D eigenvalue weighted by atomic mass is 16.5. The highest BCUT2D eigenvalue weighted by Crippen LogP contribution is 2.30. The van der Waals surface area contributed by atoms with Gasteiger partial charge in [0.25, 0.3) is 5.91 Å². The maximum atomic E-state index is 13.1. The molecule has 5 nitrogen and oxygen atoms in total. The van der Waals surface area contributed by atoms with Gasteiger partial charge in [0.05, 0.1) is 25.5 Å². The summed E-state index contributed by atoms with van der Waals surface area (Å²) in [5.41, 5.74) is 3.41. The van der Waals surface area contributed by atoms with E-state index in [9.17, 15) is 4.79 Å².